The Balaban J connectivity index is 2.89. The Morgan fingerprint density at radius 3 is 2.71 bits per heavy atom. The molecule has 7 heteroatoms. The molecule has 1 aromatic heterocycles. The van der Waals surface area contributed by atoms with Crippen LogP contribution in [0.25, 0.3) is 11.1 Å². The Kier molecular flexibility index (Phi) is 5.89. The molecular weight excluding hydrogens is 328 g/mol. The smallest absolute Gasteiger partial charge is 0.353 e. The van der Waals surface area contributed by atoms with Gasteiger partial charge >= 0.3 is 5.97 Å². The Bertz CT molecular complexity index is 796. The summed E-state index contributed by atoms with van der Waals surface area (Å²) in [5.74, 6) is -0.700. The third-order valence-electron chi connectivity index (χ3n) is 3.79. The lowest BCUT2D eigenvalue weighted by Gasteiger charge is -2.10. The molecule has 3 N–H and O–H groups in total. The maximum Gasteiger partial charge on any atom is 0.353 e. The van der Waals surface area contributed by atoms with Crippen LogP contribution in [0.15, 0.2) is 29.3 Å². The van der Waals surface area contributed by atoms with Crippen LogP contribution < -0.4 is 5.32 Å². The van der Waals surface area contributed by atoms with Gasteiger partial charge in [0, 0.05) is 30.4 Å². The van der Waals surface area contributed by atoms with E-state index in [2.05, 4.69) is 10.3 Å². The predicted molar refractivity (Wildman–Crippen MR) is 97.4 cm³/mol. The van der Waals surface area contributed by atoms with Gasteiger partial charge < -0.3 is 20.4 Å². The number of carboxylic acid groups (broad SMARTS) is 1. The van der Waals surface area contributed by atoms with Crippen molar-refractivity contribution in [1.82, 2.24) is 9.88 Å². The van der Waals surface area contributed by atoms with Gasteiger partial charge in [-0.15, -0.1) is 0 Å². The Hall–Kier alpha value is -2.44. The average Bonchev–Trinajstić information content (AvgIpc) is 2.87. The fourth-order valence-corrected chi connectivity index (χ4v) is 2.83. The molecule has 0 saturated heterocycles. The summed E-state index contributed by atoms with van der Waals surface area (Å²) >= 11 is 5.65. The van der Waals surface area contributed by atoms with Gasteiger partial charge in [-0.2, -0.15) is 0 Å². The number of aryl methyl sites for hydroxylation is 1. The van der Waals surface area contributed by atoms with Crippen LogP contribution >= 0.6 is 11.6 Å². The van der Waals surface area contributed by atoms with Crippen LogP contribution in [0.4, 0.5) is 5.82 Å². The van der Waals surface area contributed by atoms with E-state index in [4.69, 9.17) is 17.0 Å². The largest absolute Gasteiger partial charge is 0.477 e. The van der Waals surface area contributed by atoms with Crippen LogP contribution in [0.1, 0.15) is 21.6 Å². The van der Waals surface area contributed by atoms with Crippen molar-refractivity contribution in [3.63, 3.8) is 0 Å². The lowest BCUT2D eigenvalue weighted by molar-refractivity contribution is 0.0686. The van der Waals surface area contributed by atoms with Crippen molar-refractivity contribution in [2.75, 3.05) is 13.6 Å². The van der Waals surface area contributed by atoms with Crippen LogP contribution in [0.5, 0.6) is 0 Å². The molecule has 1 heterocycles. The van der Waals surface area contributed by atoms with Gasteiger partial charge in [0.15, 0.2) is 0 Å². The fourth-order valence-electron chi connectivity index (χ4n) is 2.74. The third kappa shape index (κ3) is 3.25. The number of aromatic nitrogens is 1. The van der Waals surface area contributed by atoms with E-state index in [9.17, 15) is 9.90 Å². The molecule has 0 aliphatic carbocycles. The van der Waals surface area contributed by atoms with Gasteiger partial charge in [0.25, 0.3) is 0 Å². The number of hydrogen-bond donors (Lipinski definition) is 3. The molecule has 126 valence electrons. The lowest BCUT2D eigenvalue weighted by atomic mass is 9.97. The van der Waals surface area contributed by atoms with Crippen LogP contribution in [0, 0.1) is 12.3 Å². The number of likely N-dealkylation sites (N-methyl/N-ethyl adjacent to an activating group) is 1. The minimum Gasteiger partial charge on any atom is -0.477 e. The molecule has 0 unspecified atom stereocenters. The highest BCUT2D eigenvalue weighted by molar-refractivity contribution is 6.56. The van der Waals surface area contributed by atoms with Crippen molar-refractivity contribution < 1.29 is 9.90 Å². The van der Waals surface area contributed by atoms with Crippen molar-refractivity contribution in [2.24, 2.45) is 4.99 Å². The van der Waals surface area contributed by atoms with Gasteiger partial charge in [0.2, 0.25) is 0 Å². The van der Waals surface area contributed by atoms with Crippen LogP contribution in [0.3, 0.4) is 0 Å². The van der Waals surface area contributed by atoms with E-state index in [1.807, 2.05) is 31.2 Å². The molecule has 0 fully saturated rings. The first-order valence-electron chi connectivity index (χ1n) is 7.40. The summed E-state index contributed by atoms with van der Waals surface area (Å²) < 4.78 is 1.58. The van der Waals surface area contributed by atoms with Crippen molar-refractivity contribution in [1.29, 1.82) is 5.41 Å². The average molecular weight is 347 g/mol. The monoisotopic (exact) mass is 346 g/mol. The zero-order valence-electron chi connectivity index (χ0n) is 13.5. The molecule has 24 heavy (non-hydrogen) atoms. The summed E-state index contributed by atoms with van der Waals surface area (Å²) in [4.78, 5) is 16.1. The zero-order chi connectivity index (χ0) is 17.7. The van der Waals surface area contributed by atoms with Crippen LogP contribution in [-0.4, -0.2) is 41.1 Å². The predicted octanol–water partition coefficient (Wildman–Crippen LogP) is 3.28. The number of rotatable bonds is 7. The summed E-state index contributed by atoms with van der Waals surface area (Å²) in [5, 5.41) is 20.6. The molecule has 0 bridgehead atoms. The Labute approximate surface area is 145 Å². The van der Waals surface area contributed by atoms with E-state index < -0.39 is 5.97 Å². The number of nitrogens with one attached hydrogen (secondary N) is 2. The molecule has 0 amide bonds. The number of carbonyl (C=O) groups is 1. The fraction of sp³-hybridized carbons (Fsp3) is 0.235. The molecular formula is C17H19ClN4O2. The summed E-state index contributed by atoms with van der Waals surface area (Å²) in [6.07, 6.45) is 1.13. The van der Waals surface area contributed by atoms with E-state index >= 15 is 0 Å². The highest BCUT2D eigenvalue weighted by Gasteiger charge is 2.27. The van der Waals surface area contributed by atoms with E-state index in [1.54, 1.807) is 11.6 Å². The Morgan fingerprint density at radius 1 is 1.46 bits per heavy atom. The minimum absolute atomic E-state index is 0.107. The first-order chi connectivity index (χ1) is 11.6. The first-order valence-corrected chi connectivity index (χ1v) is 7.84. The molecule has 0 atom stereocenters. The number of aromatic carboxylic acids is 1. The summed E-state index contributed by atoms with van der Waals surface area (Å²) in [6, 6.07) is 7.49. The maximum absolute atomic E-state index is 12.0. The molecule has 0 radical (unpaired) electrons. The number of hydrogen-bond acceptors (Lipinski definition) is 4. The normalized spacial score (nSPS) is 11.1. The van der Waals surface area contributed by atoms with E-state index in [-0.39, 0.29) is 5.69 Å². The lowest BCUT2D eigenvalue weighted by Crippen LogP contribution is -2.18. The topological polar surface area (TPSA) is 90.5 Å². The number of nitrogens with zero attached hydrogens (tertiary/aromatic N) is 2. The van der Waals surface area contributed by atoms with Crippen molar-refractivity contribution in [2.45, 2.75) is 13.5 Å². The van der Waals surface area contributed by atoms with E-state index in [0.29, 0.717) is 30.0 Å². The first kappa shape index (κ1) is 17.9. The van der Waals surface area contributed by atoms with Crippen molar-refractivity contribution >= 4 is 35.3 Å². The van der Waals surface area contributed by atoms with Gasteiger partial charge in [0.05, 0.1) is 5.67 Å². The van der Waals surface area contributed by atoms with Gasteiger partial charge in [-0.25, -0.2) is 9.79 Å². The molecule has 2 rings (SSSR count). The molecule has 1 aromatic carbocycles. The van der Waals surface area contributed by atoms with E-state index in [1.165, 1.54) is 0 Å². The van der Waals surface area contributed by atoms with Crippen LogP contribution in [0.2, 0.25) is 0 Å². The second-order valence-electron chi connectivity index (χ2n) is 5.21. The zero-order valence-corrected chi connectivity index (χ0v) is 14.3. The second-order valence-corrected chi connectivity index (χ2v) is 5.40. The quantitative estimate of drug-likeness (QED) is 0.672. The number of benzene rings is 1. The standard InChI is InChI=1S/C17H19ClN4O2/c1-11-5-3-4-6-12(11)14-13(9-19)16(21-10-18)22(8-7-20-2)15(14)17(23)24/h3-6,9-10,19-20H,7-8H2,1-2H3,(H,23,24). The highest BCUT2D eigenvalue weighted by Crippen LogP contribution is 2.38. The van der Waals surface area contributed by atoms with Crippen molar-refractivity contribution in [3.05, 3.63) is 41.1 Å². The Morgan fingerprint density at radius 2 is 2.17 bits per heavy atom. The van der Waals surface area contributed by atoms with Gasteiger partial charge in [0.1, 0.15) is 11.5 Å². The van der Waals surface area contributed by atoms with E-state index in [0.717, 1.165) is 23.0 Å². The molecule has 2 aromatic rings. The molecule has 0 spiro atoms. The third-order valence-corrected chi connectivity index (χ3v) is 3.89. The summed E-state index contributed by atoms with van der Waals surface area (Å²) in [5.41, 5.74) is 3.82. The number of carboxylic acids is 1. The molecule has 0 aliphatic rings. The maximum atomic E-state index is 12.0. The van der Waals surface area contributed by atoms with Gasteiger partial charge in [-0.05, 0) is 25.1 Å². The van der Waals surface area contributed by atoms with Crippen LogP contribution in [-0.2, 0) is 6.54 Å². The molecule has 6 nitrogen and oxygen atoms in total. The molecule has 0 aliphatic heterocycles. The highest BCUT2D eigenvalue weighted by atomic mass is 35.5. The number of halogens is 1. The molecule has 0 saturated carbocycles. The second kappa shape index (κ2) is 7.90. The number of aliphatic imine (C=N–C) groups is 1. The summed E-state index contributed by atoms with van der Waals surface area (Å²) in [6.45, 7) is 2.86. The van der Waals surface area contributed by atoms with Crippen molar-refractivity contribution in [3.8, 4) is 11.1 Å². The SMILES string of the molecule is CNCCn1c(N=CCl)c(C=N)c(-c2ccccc2C)c1C(=O)O. The minimum atomic E-state index is -1.07. The van der Waals surface area contributed by atoms with Gasteiger partial charge in [-0.3, -0.25) is 0 Å². The van der Waals surface area contributed by atoms with Gasteiger partial charge in [-0.1, -0.05) is 35.9 Å². The summed E-state index contributed by atoms with van der Waals surface area (Å²) in [7, 11) is 1.79.